The molecule has 0 spiro atoms. The van der Waals surface area contributed by atoms with Crippen molar-refractivity contribution >= 4 is 0 Å². The fourth-order valence-electron chi connectivity index (χ4n) is 3.13. The van der Waals surface area contributed by atoms with Crippen LogP contribution in [0.5, 0.6) is 0 Å². The van der Waals surface area contributed by atoms with Crippen molar-refractivity contribution in [3.05, 3.63) is 22.8 Å². The van der Waals surface area contributed by atoms with Gasteiger partial charge in [0.25, 0.3) is 0 Å². The van der Waals surface area contributed by atoms with Crippen LogP contribution >= 0.6 is 0 Å². The molecule has 0 amide bonds. The summed E-state index contributed by atoms with van der Waals surface area (Å²) in [6.45, 7) is 7.14. The van der Waals surface area contributed by atoms with E-state index in [4.69, 9.17) is 15.7 Å². The Morgan fingerprint density at radius 2 is 1.83 bits per heavy atom. The molecule has 1 aliphatic rings. The molecule has 0 bridgehead atoms. The standard InChI is InChI=1S/C15H25N3/c1-4-12-5-6-13(9-12)15-17-10(2)14(7-8-16)11(3)18-15/h12-13H,4-9,16H2,1-3H3. The molecule has 1 aromatic heterocycles. The summed E-state index contributed by atoms with van der Waals surface area (Å²) >= 11 is 0. The van der Waals surface area contributed by atoms with E-state index in [1.165, 1.54) is 31.2 Å². The number of nitrogens with zero attached hydrogens (tertiary/aromatic N) is 2. The fraction of sp³-hybridized carbons (Fsp3) is 0.733. The number of hydrogen-bond donors (Lipinski definition) is 1. The molecule has 1 heterocycles. The molecule has 0 saturated heterocycles. The Morgan fingerprint density at radius 1 is 1.17 bits per heavy atom. The molecule has 1 fully saturated rings. The lowest BCUT2D eigenvalue weighted by atomic mass is 10.0. The molecule has 0 radical (unpaired) electrons. The molecular formula is C15H25N3. The highest BCUT2D eigenvalue weighted by molar-refractivity contribution is 5.25. The maximum atomic E-state index is 5.64. The second-order valence-electron chi connectivity index (χ2n) is 5.55. The Kier molecular flexibility index (Phi) is 4.33. The fourth-order valence-corrected chi connectivity index (χ4v) is 3.13. The van der Waals surface area contributed by atoms with E-state index in [1.807, 2.05) is 0 Å². The highest BCUT2D eigenvalue weighted by Gasteiger charge is 2.27. The summed E-state index contributed by atoms with van der Waals surface area (Å²) in [7, 11) is 0. The van der Waals surface area contributed by atoms with Crippen molar-refractivity contribution in [1.82, 2.24) is 9.97 Å². The molecule has 2 N–H and O–H groups in total. The zero-order valence-corrected chi connectivity index (χ0v) is 11.9. The first-order valence-corrected chi connectivity index (χ1v) is 7.19. The van der Waals surface area contributed by atoms with Crippen LogP contribution in [0.15, 0.2) is 0 Å². The molecule has 2 unspecified atom stereocenters. The molecule has 18 heavy (non-hydrogen) atoms. The Balaban J connectivity index is 2.20. The summed E-state index contributed by atoms with van der Waals surface area (Å²) in [5, 5.41) is 0. The van der Waals surface area contributed by atoms with Gasteiger partial charge in [-0.1, -0.05) is 13.3 Å². The van der Waals surface area contributed by atoms with Crippen LogP contribution in [0.1, 0.15) is 61.3 Å². The lowest BCUT2D eigenvalue weighted by Crippen LogP contribution is -2.12. The van der Waals surface area contributed by atoms with Crippen molar-refractivity contribution in [2.45, 2.75) is 58.8 Å². The number of aromatic nitrogens is 2. The average molecular weight is 247 g/mol. The van der Waals surface area contributed by atoms with E-state index < -0.39 is 0 Å². The van der Waals surface area contributed by atoms with Crippen LogP contribution in [-0.2, 0) is 6.42 Å². The van der Waals surface area contributed by atoms with Gasteiger partial charge < -0.3 is 5.73 Å². The van der Waals surface area contributed by atoms with Crippen molar-refractivity contribution in [3.8, 4) is 0 Å². The van der Waals surface area contributed by atoms with Crippen LogP contribution in [0.2, 0.25) is 0 Å². The van der Waals surface area contributed by atoms with Gasteiger partial charge in [-0.3, -0.25) is 0 Å². The molecule has 0 aliphatic heterocycles. The lowest BCUT2D eigenvalue weighted by Gasteiger charge is -2.14. The normalized spacial score (nSPS) is 23.6. The zero-order valence-electron chi connectivity index (χ0n) is 11.9. The molecule has 100 valence electrons. The van der Waals surface area contributed by atoms with Gasteiger partial charge in [0.2, 0.25) is 0 Å². The summed E-state index contributed by atoms with van der Waals surface area (Å²) in [5.41, 5.74) is 9.14. The van der Waals surface area contributed by atoms with Gasteiger partial charge in [-0.15, -0.1) is 0 Å². The topological polar surface area (TPSA) is 51.8 Å². The molecule has 3 heteroatoms. The summed E-state index contributed by atoms with van der Waals surface area (Å²) in [6, 6.07) is 0. The third kappa shape index (κ3) is 2.72. The molecular weight excluding hydrogens is 222 g/mol. The molecule has 3 nitrogen and oxygen atoms in total. The van der Waals surface area contributed by atoms with Crippen molar-refractivity contribution in [2.24, 2.45) is 11.7 Å². The van der Waals surface area contributed by atoms with E-state index in [1.54, 1.807) is 0 Å². The van der Waals surface area contributed by atoms with Gasteiger partial charge in [0.15, 0.2) is 0 Å². The third-order valence-electron chi connectivity index (χ3n) is 4.32. The van der Waals surface area contributed by atoms with Crippen LogP contribution in [0.25, 0.3) is 0 Å². The number of hydrogen-bond acceptors (Lipinski definition) is 3. The van der Waals surface area contributed by atoms with Gasteiger partial charge in [-0.2, -0.15) is 0 Å². The minimum atomic E-state index is 0.583. The predicted molar refractivity (Wildman–Crippen MR) is 74.6 cm³/mol. The predicted octanol–water partition coefficient (Wildman–Crippen LogP) is 2.89. The van der Waals surface area contributed by atoms with Gasteiger partial charge in [0.1, 0.15) is 5.82 Å². The van der Waals surface area contributed by atoms with Crippen LogP contribution in [0, 0.1) is 19.8 Å². The Hall–Kier alpha value is -0.960. The number of aryl methyl sites for hydroxylation is 2. The van der Waals surface area contributed by atoms with Gasteiger partial charge in [-0.05, 0) is 57.6 Å². The SMILES string of the molecule is CCC1CCC(c2nc(C)c(CCN)c(C)n2)C1. The molecule has 2 rings (SSSR count). The smallest absolute Gasteiger partial charge is 0.131 e. The second-order valence-corrected chi connectivity index (χ2v) is 5.55. The van der Waals surface area contributed by atoms with Crippen LogP contribution in [0.3, 0.4) is 0 Å². The lowest BCUT2D eigenvalue weighted by molar-refractivity contribution is 0.516. The minimum Gasteiger partial charge on any atom is -0.330 e. The minimum absolute atomic E-state index is 0.583. The summed E-state index contributed by atoms with van der Waals surface area (Å²) < 4.78 is 0. The first kappa shape index (κ1) is 13.5. The largest absolute Gasteiger partial charge is 0.330 e. The first-order chi connectivity index (χ1) is 8.65. The zero-order chi connectivity index (χ0) is 13.1. The molecule has 2 atom stereocenters. The summed E-state index contributed by atoms with van der Waals surface area (Å²) in [5.74, 6) is 2.53. The van der Waals surface area contributed by atoms with Crippen LogP contribution in [-0.4, -0.2) is 16.5 Å². The molecule has 1 aromatic rings. The van der Waals surface area contributed by atoms with Crippen molar-refractivity contribution in [1.29, 1.82) is 0 Å². The van der Waals surface area contributed by atoms with E-state index in [0.29, 0.717) is 12.5 Å². The van der Waals surface area contributed by atoms with E-state index in [0.717, 1.165) is 29.6 Å². The monoisotopic (exact) mass is 247 g/mol. The second kappa shape index (κ2) is 5.79. The van der Waals surface area contributed by atoms with E-state index in [9.17, 15) is 0 Å². The van der Waals surface area contributed by atoms with Gasteiger partial charge in [0.05, 0.1) is 0 Å². The van der Waals surface area contributed by atoms with Crippen LogP contribution < -0.4 is 5.73 Å². The Bertz CT molecular complexity index is 391. The Labute approximate surface area is 110 Å². The summed E-state index contributed by atoms with van der Waals surface area (Å²) in [4.78, 5) is 9.47. The van der Waals surface area contributed by atoms with Crippen molar-refractivity contribution < 1.29 is 0 Å². The molecule has 1 aliphatic carbocycles. The van der Waals surface area contributed by atoms with E-state index in [2.05, 4.69) is 20.8 Å². The maximum absolute atomic E-state index is 5.64. The number of nitrogens with two attached hydrogens (primary N) is 1. The van der Waals surface area contributed by atoms with Crippen LogP contribution in [0.4, 0.5) is 0 Å². The average Bonchev–Trinajstić information content (AvgIpc) is 2.82. The quantitative estimate of drug-likeness (QED) is 0.890. The maximum Gasteiger partial charge on any atom is 0.131 e. The molecule has 0 aromatic carbocycles. The van der Waals surface area contributed by atoms with Crippen molar-refractivity contribution in [2.75, 3.05) is 6.54 Å². The van der Waals surface area contributed by atoms with Gasteiger partial charge in [0, 0.05) is 17.3 Å². The molecule has 1 saturated carbocycles. The first-order valence-electron chi connectivity index (χ1n) is 7.19. The van der Waals surface area contributed by atoms with Gasteiger partial charge in [-0.25, -0.2) is 9.97 Å². The third-order valence-corrected chi connectivity index (χ3v) is 4.32. The van der Waals surface area contributed by atoms with Crippen molar-refractivity contribution in [3.63, 3.8) is 0 Å². The highest BCUT2D eigenvalue weighted by atomic mass is 14.9. The van der Waals surface area contributed by atoms with E-state index >= 15 is 0 Å². The summed E-state index contributed by atoms with van der Waals surface area (Å²) in [6.07, 6.45) is 6.05. The Morgan fingerprint density at radius 3 is 2.33 bits per heavy atom. The number of rotatable bonds is 4. The van der Waals surface area contributed by atoms with E-state index in [-0.39, 0.29) is 0 Å². The van der Waals surface area contributed by atoms with Gasteiger partial charge >= 0.3 is 0 Å². The highest BCUT2D eigenvalue weighted by Crippen LogP contribution is 2.38.